The molecule has 0 unspecified atom stereocenters. The van der Waals surface area contributed by atoms with Crippen molar-refractivity contribution >= 4 is 29.0 Å². The predicted octanol–water partition coefficient (Wildman–Crippen LogP) is 2.30. The van der Waals surface area contributed by atoms with Gasteiger partial charge in [-0.3, -0.25) is 14.6 Å². The summed E-state index contributed by atoms with van der Waals surface area (Å²) in [5, 5.41) is 2.67. The van der Waals surface area contributed by atoms with Crippen LogP contribution < -0.4 is 5.32 Å². The summed E-state index contributed by atoms with van der Waals surface area (Å²) in [6, 6.07) is 7.05. The summed E-state index contributed by atoms with van der Waals surface area (Å²) in [6.07, 6.45) is 0.171. The number of ether oxygens (including phenoxy) is 1. The molecule has 0 aliphatic rings. The van der Waals surface area contributed by atoms with E-state index in [1.807, 2.05) is 0 Å². The molecule has 0 aliphatic heterocycles. The van der Waals surface area contributed by atoms with E-state index in [2.05, 4.69) is 15.0 Å². The average Bonchev–Trinajstić information content (AvgIpc) is 2.30. The lowest BCUT2D eigenvalue weighted by atomic mass is 10.2. The Bertz CT molecular complexity index is 464. The second-order valence-electron chi connectivity index (χ2n) is 3.83. The number of amides is 1. The van der Waals surface area contributed by atoms with Gasteiger partial charge in [-0.05, 0) is 31.2 Å². The zero-order valence-corrected chi connectivity index (χ0v) is 10.7. The Morgan fingerprint density at radius 2 is 1.83 bits per heavy atom. The quantitative estimate of drug-likeness (QED) is 0.656. The number of carbonyl (C=O) groups excluding carboxylic acids is 2. The molecular formula is C13H16N2O3. The Morgan fingerprint density at radius 3 is 2.33 bits per heavy atom. The summed E-state index contributed by atoms with van der Waals surface area (Å²) in [5.41, 5.74) is 2.12. The van der Waals surface area contributed by atoms with Crippen molar-refractivity contribution in [2.24, 2.45) is 4.99 Å². The lowest BCUT2D eigenvalue weighted by Gasteiger charge is -2.03. The number of hydrogen-bond acceptors (Lipinski definition) is 4. The standard InChI is InChI=1S/C13H16N2O3/c1-9(8-13(17)18-3)14-11-4-6-12(7-5-11)15-10(2)16/h4-7H,8H2,1-3H3,(H,15,16). The molecule has 0 saturated heterocycles. The predicted molar refractivity (Wildman–Crippen MR) is 70.1 cm³/mol. The summed E-state index contributed by atoms with van der Waals surface area (Å²) in [5.74, 6) is -0.431. The fourth-order valence-corrected chi connectivity index (χ4v) is 1.36. The van der Waals surface area contributed by atoms with Crippen molar-refractivity contribution in [3.05, 3.63) is 24.3 Å². The van der Waals surface area contributed by atoms with Gasteiger partial charge in [-0.1, -0.05) is 0 Å². The van der Waals surface area contributed by atoms with Crippen LogP contribution in [0.15, 0.2) is 29.3 Å². The minimum Gasteiger partial charge on any atom is -0.469 e. The molecule has 96 valence electrons. The topological polar surface area (TPSA) is 67.8 Å². The second-order valence-corrected chi connectivity index (χ2v) is 3.83. The van der Waals surface area contributed by atoms with Crippen molar-refractivity contribution in [1.29, 1.82) is 0 Å². The molecule has 1 amide bonds. The van der Waals surface area contributed by atoms with Crippen LogP contribution in [0.1, 0.15) is 20.3 Å². The van der Waals surface area contributed by atoms with Gasteiger partial charge in [0, 0.05) is 18.3 Å². The van der Waals surface area contributed by atoms with Crippen molar-refractivity contribution in [2.75, 3.05) is 12.4 Å². The van der Waals surface area contributed by atoms with Crippen LogP contribution in [0.3, 0.4) is 0 Å². The van der Waals surface area contributed by atoms with Gasteiger partial charge >= 0.3 is 5.97 Å². The average molecular weight is 248 g/mol. The van der Waals surface area contributed by atoms with Gasteiger partial charge in [-0.25, -0.2) is 0 Å². The van der Waals surface area contributed by atoms with Gasteiger partial charge in [0.1, 0.15) is 0 Å². The van der Waals surface area contributed by atoms with Crippen LogP contribution in [0.2, 0.25) is 0 Å². The Kier molecular flexibility index (Phi) is 5.05. The Balaban J connectivity index is 2.70. The van der Waals surface area contributed by atoms with E-state index in [1.54, 1.807) is 31.2 Å². The number of methoxy groups -OCH3 is 1. The second kappa shape index (κ2) is 6.54. The molecule has 0 spiro atoms. The lowest BCUT2D eigenvalue weighted by molar-refractivity contribution is -0.139. The summed E-state index contributed by atoms with van der Waals surface area (Å²) >= 11 is 0. The van der Waals surface area contributed by atoms with Crippen molar-refractivity contribution < 1.29 is 14.3 Å². The number of esters is 1. The normalized spacial score (nSPS) is 10.9. The van der Waals surface area contributed by atoms with E-state index in [9.17, 15) is 9.59 Å². The van der Waals surface area contributed by atoms with Crippen molar-refractivity contribution in [1.82, 2.24) is 0 Å². The van der Waals surface area contributed by atoms with Crippen LogP contribution in [0.5, 0.6) is 0 Å². The lowest BCUT2D eigenvalue weighted by Crippen LogP contribution is -2.06. The van der Waals surface area contributed by atoms with Crippen LogP contribution in [0.25, 0.3) is 0 Å². The molecule has 1 aromatic rings. The third kappa shape index (κ3) is 4.78. The van der Waals surface area contributed by atoms with Crippen LogP contribution in [0, 0.1) is 0 Å². The van der Waals surface area contributed by atoms with Crippen molar-refractivity contribution in [3.8, 4) is 0 Å². The van der Waals surface area contributed by atoms with E-state index in [1.165, 1.54) is 14.0 Å². The highest BCUT2D eigenvalue weighted by Crippen LogP contribution is 2.17. The maximum absolute atomic E-state index is 11.0. The highest BCUT2D eigenvalue weighted by Gasteiger charge is 2.03. The zero-order chi connectivity index (χ0) is 13.5. The van der Waals surface area contributed by atoms with Crippen molar-refractivity contribution in [2.45, 2.75) is 20.3 Å². The number of nitrogens with zero attached hydrogens (tertiary/aromatic N) is 1. The number of anilines is 1. The molecule has 0 fully saturated rings. The first kappa shape index (κ1) is 13.9. The Hall–Kier alpha value is -2.17. The number of hydrogen-bond donors (Lipinski definition) is 1. The number of nitrogens with one attached hydrogen (secondary N) is 1. The summed E-state index contributed by atoms with van der Waals surface area (Å²) in [6.45, 7) is 3.21. The third-order valence-corrected chi connectivity index (χ3v) is 2.14. The van der Waals surface area contributed by atoms with E-state index >= 15 is 0 Å². The van der Waals surface area contributed by atoms with E-state index in [4.69, 9.17) is 0 Å². The van der Waals surface area contributed by atoms with Gasteiger partial charge < -0.3 is 10.1 Å². The molecule has 1 N–H and O–H groups in total. The third-order valence-electron chi connectivity index (χ3n) is 2.14. The van der Waals surface area contributed by atoms with Crippen LogP contribution in [-0.4, -0.2) is 24.7 Å². The molecule has 0 atom stereocenters. The van der Waals surface area contributed by atoms with E-state index in [-0.39, 0.29) is 18.3 Å². The highest BCUT2D eigenvalue weighted by atomic mass is 16.5. The summed E-state index contributed by atoms with van der Waals surface area (Å²) < 4.78 is 4.55. The first-order valence-corrected chi connectivity index (χ1v) is 5.50. The smallest absolute Gasteiger partial charge is 0.311 e. The fourth-order valence-electron chi connectivity index (χ4n) is 1.36. The van der Waals surface area contributed by atoms with Gasteiger partial charge in [0.25, 0.3) is 0 Å². The van der Waals surface area contributed by atoms with Crippen molar-refractivity contribution in [3.63, 3.8) is 0 Å². The largest absolute Gasteiger partial charge is 0.469 e. The monoisotopic (exact) mass is 248 g/mol. The molecule has 0 aromatic heterocycles. The molecule has 0 aliphatic carbocycles. The first-order valence-electron chi connectivity index (χ1n) is 5.50. The molecule has 5 heteroatoms. The van der Waals surface area contributed by atoms with Gasteiger partial charge in [0.15, 0.2) is 0 Å². The molecule has 18 heavy (non-hydrogen) atoms. The minimum absolute atomic E-state index is 0.117. The van der Waals surface area contributed by atoms with Crippen LogP contribution in [-0.2, 0) is 14.3 Å². The Labute approximate surface area is 106 Å². The van der Waals surface area contributed by atoms with Gasteiger partial charge in [-0.15, -0.1) is 0 Å². The first-order chi connectivity index (χ1) is 8.51. The van der Waals surface area contributed by atoms with E-state index in [0.717, 1.165) is 5.69 Å². The van der Waals surface area contributed by atoms with Gasteiger partial charge in [0.2, 0.25) is 5.91 Å². The van der Waals surface area contributed by atoms with Gasteiger partial charge in [0.05, 0.1) is 19.2 Å². The molecular weight excluding hydrogens is 232 g/mol. The molecule has 0 bridgehead atoms. The molecule has 0 radical (unpaired) electrons. The van der Waals surface area contributed by atoms with Gasteiger partial charge in [-0.2, -0.15) is 0 Å². The zero-order valence-electron chi connectivity index (χ0n) is 10.7. The highest BCUT2D eigenvalue weighted by molar-refractivity contribution is 5.98. The molecule has 1 aromatic carbocycles. The molecule has 5 nitrogen and oxygen atoms in total. The number of benzene rings is 1. The minimum atomic E-state index is -0.314. The molecule has 0 heterocycles. The van der Waals surface area contributed by atoms with Crippen LogP contribution >= 0.6 is 0 Å². The summed E-state index contributed by atoms with van der Waals surface area (Å²) in [4.78, 5) is 26.1. The summed E-state index contributed by atoms with van der Waals surface area (Å²) in [7, 11) is 1.35. The van der Waals surface area contributed by atoms with Crippen LogP contribution in [0.4, 0.5) is 11.4 Å². The van der Waals surface area contributed by atoms with E-state index in [0.29, 0.717) is 11.4 Å². The maximum Gasteiger partial charge on any atom is 0.311 e. The Morgan fingerprint density at radius 1 is 1.22 bits per heavy atom. The fraction of sp³-hybridized carbons (Fsp3) is 0.308. The number of rotatable bonds is 4. The maximum atomic E-state index is 11.0. The van der Waals surface area contributed by atoms with E-state index < -0.39 is 0 Å². The number of carbonyl (C=O) groups is 2. The molecule has 1 rings (SSSR count). The SMILES string of the molecule is COC(=O)CC(C)=Nc1ccc(NC(C)=O)cc1. The number of aliphatic imine (C=N–C) groups is 1. The molecule has 0 saturated carbocycles.